The first-order chi connectivity index (χ1) is 11.3. The van der Waals surface area contributed by atoms with Crippen LogP contribution in [0.3, 0.4) is 0 Å². The highest BCUT2D eigenvalue weighted by molar-refractivity contribution is 7.98. The summed E-state index contributed by atoms with van der Waals surface area (Å²) in [6, 6.07) is 19.6. The zero-order valence-corrected chi connectivity index (χ0v) is 14.1. The Morgan fingerprint density at radius 2 is 1.65 bits per heavy atom. The number of anilines is 1. The highest BCUT2D eigenvalue weighted by atomic mass is 32.2. The van der Waals surface area contributed by atoms with Crippen molar-refractivity contribution in [3.63, 3.8) is 0 Å². The average Bonchev–Trinajstić information content (AvgIpc) is 2.99. The lowest BCUT2D eigenvalue weighted by molar-refractivity contribution is 0.840. The van der Waals surface area contributed by atoms with Crippen molar-refractivity contribution in [2.75, 3.05) is 17.0 Å². The van der Waals surface area contributed by atoms with Gasteiger partial charge in [-0.15, -0.1) is 10.2 Å². The van der Waals surface area contributed by atoms with E-state index in [2.05, 4.69) is 20.9 Å². The van der Waals surface area contributed by atoms with Gasteiger partial charge in [0.05, 0.1) is 0 Å². The van der Waals surface area contributed by atoms with E-state index in [0.717, 1.165) is 16.4 Å². The number of thiocarbonyl (C=S) groups is 1. The van der Waals surface area contributed by atoms with Gasteiger partial charge in [0.1, 0.15) is 0 Å². The second-order valence-corrected chi connectivity index (χ2v) is 5.83. The minimum absolute atomic E-state index is 0.475. The van der Waals surface area contributed by atoms with Crippen molar-refractivity contribution in [3.05, 3.63) is 60.7 Å². The molecule has 3 aromatic rings. The summed E-state index contributed by atoms with van der Waals surface area (Å²) in [5.74, 6) is 0.715. The number of benzene rings is 2. The first-order valence-corrected chi connectivity index (χ1v) is 8.59. The van der Waals surface area contributed by atoms with Crippen molar-refractivity contribution < 1.29 is 0 Å². The molecule has 0 bridgehead atoms. The van der Waals surface area contributed by atoms with Gasteiger partial charge >= 0.3 is 0 Å². The monoisotopic (exact) mass is 341 g/mol. The largest absolute Gasteiger partial charge is 0.331 e. The van der Waals surface area contributed by atoms with Gasteiger partial charge in [0.2, 0.25) is 5.16 Å². The Bertz CT molecular complexity index is 787. The summed E-state index contributed by atoms with van der Waals surface area (Å²) in [4.78, 5) is 0. The molecule has 1 aromatic heterocycles. The predicted molar refractivity (Wildman–Crippen MR) is 99.3 cm³/mol. The van der Waals surface area contributed by atoms with Crippen LogP contribution >= 0.6 is 24.0 Å². The lowest BCUT2D eigenvalue weighted by Gasteiger charge is -2.14. The van der Waals surface area contributed by atoms with Gasteiger partial charge in [-0.25, -0.2) is 4.68 Å². The highest BCUT2D eigenvalue weighted by Crippen LogP contribution is 2.21. The van der Waals surface area contributed by atoms with Gasteiger partial charge in [0.25, 0.3) is 0 Å². The van der Waals surface area contributed by atoms with Gasteiger partial charge in [-0.05, 0) is 30.6 Å². The van der Waals surface area contributed by atoms with E-state index in [0.29, 0.717) is 10.9 Å². The molecule has 0 fully saturated rings. The molecule has 0 amide bonds. The van der Waals surface area contributed by atoms with Crippen molar-refractivity contribution in [2.24, 2.45) is 0 Å². The number of rotatable bonds is 4. The minimum Gasteiger partial charge on any atom is -0.331 e. The van der Waals surface area contributed by atoms with Gasteiger partial charge in [-0.1, -0.05) is 60.3 Å². The highest BCUT2D eigenvalue weighted by Gasteiger charge is 2.14. The molecule has 5 nitrogen and oxygen atoms in total. The molecule has 2 N–H and O–H groups in total. The Hall–Kier alpha value is -2.38. The molecule has 0 aliphatic rings. The van der Waals surface area contributed by atoms with Gasteiger partial charge in [-0.3, -0.25) is 5.43 Å². The molecule has 0 aliphatic heterocycles. The number of aromatic nitrogens is 3. The maximum atomic E-state index is 5.39. The Kier molecular flexibility index (Phi) is 4.89. The maximum Gasteiger partial charge on any atom is 0.210 e. The Balaban J connectivity index is 1.84. The van der Waals surface area contributed by atoms with Crippen molar-refractivity contribution in [3.8, 4) is 11.4 Å². The van der Waals surface area contributed by atoms with Crippen LogP contribution in [0, 0.1) is 0 Å². The van der Waals surface area contributed by atoms with Gasteiger partial charge in [-0.2, -0.15) is 0 Å². The quantitative estimate of drug-likeness (QED) is 0.558. The lowest BCUT2D eigenvalue weighted by Crippen LogP contribution is -2.28. The molecule has 7 heteroatoms. The molecule has 0 unspecified atom stereocenters. The number of thioether (sulfide) groups is 1. The molecule has 0 radical (unpaired) electrons. The van der Waals surface area contributed by atoms with E-state index in [1.165, 1.54) is 11.8 Å². The van der Waals surface area contributed by atoms with E-state index in [1.807, 2.05) is 66.9 Å². The van der Waals surface area contributed by atoms with Crippen molar-refractivity contribution in [2.45, 2.75) is 5.16 Å². The zero-order valence-electron chi connectivity index (χ0n) is 12.4. The van der Waals surface area contributed by atoms with E-state index in [-0.39, 0.29) is 0 Å². The Morgan fingerprint density at radius 1 is 1.00 bits per heavy atom. The number of hydrogen-bond donors (Lipinski definition) is 2. The van der Waals surface area contributed by atoms with Gasteiger partial charge in [0, 0.05) is 11.3 Å². The van der Waals surface area contributed by atoms with Crippen LogP contribution in [-0.4, -0.2) is 26.2 Å². The Morgan fingerprint density at radius 3 is 2.30 bits per heavy atom. The van der Waals surface area contributed by atoms with Crippen LogP contribution in [0.5, 0.6) is 0 Å². The standard InChI is InChI=1S/C16H15N5S2/c1-23-16-19-18-14(12-8-4-2-5-9-12)21(16)20-15(22)17-13-10-6-3-7-11-13/h2-11H,1H3,(H2,17,20,22). The fraction of sp³-hybridized carbons (Fsp3) is 0.0625. The van der Waals surface area contributed by atoms with Crippen LogP contribution in [0.2, 0.25) is 0 Å². The summed E-state index contributed by atoms with van der Waals surface area (Å²) in [6.45, 7) is 0. The third-order valence-electron chi connectivity index (χ3n) is 3.09. The minimum atomic E-state index is 0.475. The zero-order chi connectivity index (χ0) is 16.1. The lowest BCUT2D eigenvalue weighted by atomic mass is 10.2. The second kappa shape index (κ2) is 7.26. The fourth-order valence-corrected chi connectivity index (χ4v) is 2.71. The summed E-state index contributed by atoms with van der Waals surface area (Å²) in [7, 11) is 0. The summed E-state index contributed by atoms with van der Waals surface area (Å²) in [5.41, 5.74) is 5.04. The molecule has 0 atom stereocenters. The molecule has 3 rings (SSSR count). The third-order valence-corrected chi connectivity index (χ3v) is 3.92. The van der Waals surface area contributed by atoms with E-state index >= 15 is 0 Å². The van der Waals surface area contributed by atoms with E-state index in [1.54, 1.807) is 4.68 Å². The van der Waals surface area contributed by atoms with Crippen molar-refractivity contribution >= 4 is 34.8 Å². The molecule has 0 aliphatic carbocycles. The molecule has 116 valence electrons. The normalized spacial score (nSPS) is 10.3. The molecule has 0 saturated carbocycles. The number of nitrogens with one attached hydrogen (secondary N) is 2. The van der Waals surface area contributed by atoms with E-state index in [4.69, 9.17) is 12.2 Å². The summed E-state index contributed by atoms with van der Waals surface area (Å²) >= 11 is 6.89. The van der Waals surface area contributed by atoms with Gasteiger partial charge in [0.15, 0.2) is 10.9 Å². The molecule has 23 heavy (non-hydrogen) atoms. The molecule has 0 spiro atoms. The molecular weight excluding hydrogens is 326 g/mol. The fourth-order valence-electron chi connectivity index (χ4n) is 2.06. The summed E-state index contributed by atoms with van der Waals surface area (Å²) in [6.07, 6.45) is 1.95. The van der Waals surface area contributed by atoms with Crippen LogP contribution in [0.4, 0.5) is 5.69 Å². The molecule has 2 aromatic carbocycles. The van der Waals surface area contributed by atoms with Crippen LogP contribution in [0.15, 0.2) is 65.8 Å². The van der Waals surface area contributed by atoms with Crippen LogP contribution in [0.25, 0.3) is 11.4 Å². The number of para-hydroxylation sites is 1. The Labute approximate surface area is 144 Å². The average molecular weight is 341 g/mol. The molecule has 0 saturated heterocycles. The van der Waals surface area contributed by atoms with Crippen molar-refractivity contribution in [1.82, 2.24) is 14.9 Å². The van der Waals surface area contributed by atoms with Gasteiger partial charge < -0.3 is 5.32 Å². The smallest absolute Gasteiger partial charge is 0.210 e. The van der Waals surface area contributed by atoms with Crippen molar-refractivity contribution in [1.29, 1.82) is 0 Å². The number of hydrogen-bond acceptors (Lipinski definition) is 4. The first-order valence-electron chi connectivity index (χ1n) is 6.96. The van der Waals surface area contributed by atoms with E-state index < -0.39 is 0 Å². The second-order valence-electron chi connectivity index (χ2n) is 4.64. The van der Waals surface area contributed by atoms with Crippen LogP contribution in [-0.2, 0) is 0 Å². The van der Waals surface area contributed by atoms with Crippen LogP contribution < -0.4 is 10.7 Å². The third kappa shape index (κ3) is 3.69. The van der Waals surface area contributed by atoms with Crippen LogP contribution in [0.1, 0.15) is 0 Å². The molecular formula is C16H15N5S2. The topological polar surface area (TPSA) is 54.8 Å². The predicted octanol–water partition coefficient (Wildman–Crippen LogP) is 3.61. The first kappa shape index (κ1) is 15.5. The molecule has 1 heterocycles. The maximum absolute atomic E-state index is 5.39. The SMILES string of the molecule is CSc1nnc(-c2ccccc2)n1NC(=S)Nc1ccccc1. The summed E-state index contributed by atoms with van der Waals surface area (Å²) in [5, 5.41) is 12.8. The number of nitrogens with zero attached hydrogens (tertiary/aromatic N) is 3. The van der Waals surface area contributed by atoms with E-state index in [9.17, 15) is 0 Å². The summed E-state index contributed by atoms with van der Waals surface area (Å²) < 4.78 is 1.79.